The lowest BCUT2D eigenvalue weighted by molar-refractivity contribution is -0.130. The Bertz CT molecular complexity index is 207. The maximum Gasteiger partial charge on any atom is 0.238 e. The number of rotatable bonds is 4. The number of nitrogens with one attached hydrogen (secondary N) is 1. The first-order chi connectivity index (χ1) is 5.99. The van der Waals surface area contributed by atoms with E-state index in [4.69, 9.17) is 5.26 Å². The lowest BCUT2D eigenvalue weighted by Crippen LogP contribution is -2.42. The van der Waals surface area contributed by atoms with Crippen molar-refractivity contribution in [1.29, 1.82) is 5.26 Å². The van der Waals surface area contributed by atoms with Gasteiger partial charge in [0, 0.05) is 20.6 Å². The monoisotopic (exact) mass is 183 g/mol. The quantitative estimate of drug-likeness (QED) is 0.678. The van der Waals surface area contributed by atoms with Gasteiger partial charge >= 0.3 is 0 Å². The minimum atomic E-state index is -0.217. The number of carbonyl (C=O) groups is 1. The van der Waals surface area contributed by atoms with Gasteiger partial charge in [0.25, 0.3) is 0 Å². The SMILES string of the molecule is CC(C#N)CNC(C)C(=O)N(C)C. The van der Waals surface area contributed by atoms with Crippen molar-refractivity contribution in [2.45, 2.75) is 19.9 Å². The number of likely N-dealkylation sites (N-methyl/N-ethyl adjacent to an activating group) is 1. The van der Waals surface area contributed by atoms with Gasteiger partial charge in [0.1, 0.15) is 0 Å². The Hall–Kier alpha value is -1.08. The topological polar surface area (TPSA) is 56.1 Å². The van der Waals surface area contributed by atoms with E-state index in [1.807, 2.05) is 6.92 Å². The summed E-state index contributed by atoms with van der Waals surface area (Å²) in [5.74, 6) is -0.0254. The number of nitrogens with zero attached hydrogens (tertiary/aromatic N) is 2. The molecule has 4 heteroatoms. The largest absolute Gasteiger partial charge is 0.347 e. The normalized spacial score (nSPS) is 14.4. The highest BCUT2D eigenvalue weighted by molar-refractivity contribution is 5.80. The van der Waals surface area contributed by atoms with Crippen LogP contribution < -0.4 is 5.32 Å². The molecule has 0 rings (SSSR count). The Balaban J connectivity index is 3.82. The van der Waals surface area contributed by atoms with E-state index in [0.717, 1.165) is 0 Å². The van der Waals surface area contributed by atoms with Crippen LogP contribution in [0.5, 0.6) is 0 Å². The first kappa shape index (κ1) is 11.9. The molecule has 0 fully saturated rings. The van der Waals surface area contributed by atoms with Crippen LogP contribution in [-0.2, 0) is 4.79 Å². The number of hydrogen-bond donors (Lipinski definition) is 1. The molecule has 2 unspecified atom stereocenters. The van der Waals surface area contributed by atoms with E-state index in [2.05, 4.69) is 11.4 Å². The fraction of sp³-hybridized carbons (Fsp3) is 0.778. The molecule has 0 saturated heterocycles. The zero-order valence-electron chi connectivity index (χ0n) is 8.66. The van der Waals surface area contributed by atoms with Crippen LogP contribution in [0.1, 0.15) is 13.8 Å². The maximum atomic E-state index is 11.3. The van der Waals surface area contributed by atoms with Gasteiger partial charge in [-0.2, -0.15) is 5.26 Å². The molecule has 0 aliphatic carbocycles. The van der Waals surface area contributed by atoms with Gasteiger partial charge in [0.2, 0.25) is 5.91 Å². The number of hydrogen-bond acceptors (Lipinski definition) is 3. The second-order valence-corrected chi connectivity index (χ2v) is 3.39. The first-order valence-electron chi connectivity index (χ1n) is 4.33. The molecule has 4 nitrogen and oxygen atoms in total. The van der Waals surface area contributed by atoms with Crippen molar-refractivity contribution in [1.82, 2.24) is 10.2 Å². The molecule has 0 aromatic carbocycles. The van der Waals surface area contributed by atoms with Gasteiger partial charge in [-0.3, -0.25) is 4.79 Å². The van der Waals surface area contributed by atoms with Crippen LogP contribution in [0.15, 0.2) is 0 Å². The zero-order chi connectivity index (χ0) is 10.4. The molecule has 0 bridgehead atoms. The molecular formula is C9H17N3O. The van der Waals surface area contributed by atoms with E-state index in [1.165, 1.54) is 4.90 Å². The molecule has 13 heavy (non-hydrogen) atoms. The Morgan fingerprint density at radius 1 is 1.54 bits per heavy atom. The van der Waals surface area contributed by atoms with Crippen LogP contribution in [0.4, 0.5) is 0 Å². The molecule has 0 aromatic rings. The predicted octanol–water partition coefficient (Wildman–Crippen LogP) is 0.212. The van der Waals surface area contributed by atoms with Crippen molar-refractivity contribution in [3.63, 3.8) is 0 Å². The Kier molecular flexibility index (Phi) is 5.09. The summed E-state index contributed by atoms with van der Waals surface area (Å²) in [5, 5.41) is 11.5. The Morgan fingerprint density at radius 2 is 2.08 bits per heavy atom. The van der Waals surface area contributed by atoms with Gasteiger partial charge in [-0.15, -0.1) is 0 Å². The fourth-order valence-electron chi connectivity index (χ4n) is 0.874. The molecule has 0 heterocycles. The third-order valence-electron chi connectivity index (χ3n) is 1.76. The van der Waals surface area contributed by atoms with Gasteiger partial charge in [0.15, 0.2) is 0 Å². The molecule has 0 aliphatic rings. The lowest BCUT2D eigenvalue weighted by Gasteiger charge is -2.18. The molecule has 0 spiro atoms. The van der Waals surface area contributed by atoms with Crippen LogP contribution in [0.3, 0.4) is 0 Å². The summed E-state index contributed by atoms with van der Waals surface area (Å²) in [6, 6.07) is 1.88. The lowest BCUT2D eigenvalue weighted by atomic mass is 10.2. The third-order valence-corrected chi connectivity index (χ3v) is 1.76. The highest BCUT2D eigenvalue weighted by atomic mass is 16.2. The van der Waals surface area contributed by atoms with Crippen molar-refractivity contribution in [3.8, 4) is 6.07 Å². The average molecular weight is 183 g/mol. The summed E-state index contributed by atoms with van der Waals surface area (Å²) in [7, 11) is 3.43. The second-order valence-electron chi connectivity index (χ2n) is 3.39. The number of carbonyl (C=O) groups excluding carboxylic acids is 1. The molecule has 0 aliphatic heterocycles. The smallest absolute Gasteiger partial charge is 0.238 e. The van der Waals surface area contributed by atoms with Gasteiger partial charge < -0.3 is 10.2 Å². The average Bonchev–Trinajstić information content (AvgIpc) is 2.11. The highest BCUT2D eigenvalue weighted by Gasteiger charge is 2.14. The van der Waals surface area contributed by atoms with Crippen molar-refractivity contribution in [2.75, 3.05) is 20.6 Å². The van der Waals surface area contributed by atoms with Gasteiger partial charge in [0.05, 0.1) is 18.0 Å². The van der Waals surface area contributed by atoms with E-state index < -0.39 is 0 Å². The van der Waals surface area contributed by atoms with Gasteiger partial charge in [-0.05, 0) is 13.8 Å². The van der Waals surface area contributed by atoms with E-state index >= 15 is 0 Å². The van der Waals surface area contributed by atoms with Crippen LogP contribution in [0, 0.1) is 17.2 Å². The van der Waals surface area contributed by atoms with Crippen molar-refractivity contribution >= 4 is 5.91 Å². The maximum absolute atomic E-state index is 11.3. The van der Waals surface area contributed by atoms with Crippen LogP contribution in [0.25, 0.3) is 0 Å². The standard InChI is InChI=1S/C9H17N3O/c1-7(5-10)6-11-8(2)9(13)12(3)4/h7-8,11H,6H2,1-4H3. The third kappa shape index (κ3) is 4.48. The minimum Gasteiger partial charge on any atom is -0.347 e. The summed E-state index contributed by atoms with van der Waals surface area (Å²) in [5.41, 5.74) is 0. The molecule has 1 N–H and O–H groups in total. The summed E-state index contributed by atoms with van der Waals surface area (Å²) in [6.07, 6.45) is 0. The summed E-state index contributed by atoms with van der Waals surface area (Å²) in [6.45, 7) is 4.17. The second kappa shape index (κ2) is 5.55. The van der Waals surface area contributed by atoms with Crippen molar-refractivity contribution < 1.29 is 4.79 Å². The summed E-state index contributed by atoms with van der Waals surface area (Å²) in [4.78, 5) is 12.9. The van der Waals surface area contributed by atoms with E-state index in [0.29, 0.717) is 6.54 Å². The fourth-order valence-corrected chi connectivity index (χ4v) is 0.874. The van der Waals surface area contributed by atoms with Crippen LogP contribution >= 0.6 is 0 Å². The Labute approximate surface area is 79.5 Å². The van der Waals surface area contributed by atoms with E-state index in [9.17, 15) is 4.79 Å². The predicted molar refractivity (Wildman–Crippen MR) is 50.9 cm³/mol. The van der Waals surface area contributed by atoms with E-state index in [1.54, 1.807) is 21.0 Å². The molecule has 0 radical (unpaired) electrons. The first-order valence-corrected chi connectivity index (χ1v) is 4.33. The van der Waals surface area contributed by atoms with Crippen LogP contribution in [0.2, 0.25) is 0 Å². The molecule has 0 aromatic heterocycles. The molecule has 2 atom stereocenters. The summed E-state index contributed by atoms with van der Waals surface area (Å²) >= 11 is 0. The molecule has 74 valence electrons. The molecule has 0 saturated carbocycles. The Morgan fingerprint density at radius 3 is 2.46 bits per heavy atom. The minimum absolute atomic E-state index is 0.0325. The summed E-state index contributed by atoms with van der Waals surface area (Å²) < 4.78 is 0. The highest BCUT2D eigenvalue weighted by Crippen LogP contribution is 1.92. The number of nitriles is 1. The van der Waals surface area contributed by atoms with E-state index in [-0.39, 0.29) is 17.9 Å². The van der Waals surface area contributed by atoms with Crippen molar-refractivity contribution in [2.24, 2.45) is 5.92 Å². The van der Waals surface area contributed by atoms with Crippen LogP contribution in [-0.4, -0.2) is 37.5 Å². The number of amides is 1. The van der Waals surface area contributed by atoms with Crippen molar-refractivity contribution in [3.05, 3.63) is 0 Å². The van der Waals surface area contributed by atoms with Gasteiger partial charge in [-0.25, -0.2) is 0 Å². The molecular weight excluding hydrogens is 166 g/mol. The zero-order valence-corrected chi connectivity index (χ0v) is 8.66. The van der Waals surface area contributed by atoms with Gasteiger partial charge in [-0.1, -0.05) is 0 Å². The molecule has 1 amide bonds.